The lowest BCUT2D eigenvalue weighted by molar-refractivity contribution is -0.126. The summed E-state index contributed by atoms with van der Waals surface area (Å²) in [5.74, 6) is 0.361. The molecule has 2 N–H and O–H groups in total. The van der Waals surface area contributed by atoms with Crippen molar-refractivity contribution in [1.29, 1.82) is 0 Å². The van der Waals surface area contributed by atoms with Crippen LogP contribution in [0.1, 0.15) is 26.7 Å². The van der Waals surface area contributed by atoms with Crippen molar-refractivity contribution in [3.63, 3.8) is 0 Å². The van der Waals surface area contributed by atoms with Gasteiger partial charge in [0.05, 0.1) is 0 Å². The molecule has 1 aliphatic carbocycles. The number of rotatable bonds is 2. The fourth-order valence-corrected chi connectivity index (χ4v) is 2.19. The molecular formula is C9H14N2O2. The molecule has 0 aromatic heterocycles. The lowest BCUT2D eigenvalue weighted by atomic mass is 9.82. The molecule has 0 spiro atoms. The molecule has 1 atom stereocenters. The Morgan fingerprint density at radius 2 is 2.00 bits per heavy atom. The first kappa shape index (κ1) is 8.53. The standard InChI is InChI=1S/C9H14N2O2/c1-5(2)9(6-3-4-6)7(12)10-8(13)11-9/h5-6H,3-4H2,1-2H3,(H2,10,11,12,13)/t9-/m0/s1. The second-order valence-corrected chi connectivity index (χ2v) is 4.21. The largest absolute Gasteiger partial charge is 0.323 e. The highest BCUT2D eigenvalue weighted by molar-refractivity contribution is 6.07. The molecule has 1 saturated heterocycles. The van der Waals surface area contributed by atoms with Crippen molar-refractivity contribution in [2.24, 2.45) is 11.8 Å². The van der Waals surface area contributed by atoms with E-state index >= 15 is 0 Å². The van der Waals surface area contributed by atoms with Gasteiger partial charge in [-0.15, -0.1) is 0 Å². The predicted molar refractivity (Wildman–Crippen MR) is 47.0 cm³/mol. The van der Waals surface area contributed by atoms with Crippen molar-refractivity contribution in [2.75, 3.05) is 0 Å². The summed E-state index contributed by atoms with van der Waals surface area (Å²) in [6.45, 7) is 3.95. The number of carbonyl (C=O) groups excluding carboxylic acids is 2. The number of amides is 3. The van der Waals surface area contributed by atoms with Gasteiger partial charge in [0, 0.05) is 0 Å². The summed E-state index contributed by atoms with van der Waals surface area (Å²) in [5.41, 5.74) is -0.614. The van der Waals surface area contributed by atoms with Gasteiger partial charge in [0.15, 0.2) is 0 Å². The monoisotopic (exact) mass is 182 g/mol. The first-order valence-corrected chi connectivity index (χ1v) is 4.71. The minimum Gasteiger partial charge on any atom is -0.323 e. The third-order valence-corrected chi connectivity index (χ3v) is 3.06. The quantitative estimate of drug-likeness (QED) is 0.615. The molecule has 0 bridgehead atoms. The van der Waals surface area contributed by atoms with Gasteiger partial charge in [-0.1, -0.05) is 13.8 Å². The molecule has 4 heteroatoms. The summed E-state index contributed by atoms with van der Waals surface area (Å²) >= 11 is 0. The maximum Gasteiger partial charge on any atom is 0.322 e. The Balaban J connectivity index is 2.32. The Kier molecular flexibility index (Phi) is 1.62. The zero-order valence-corrected chi connectivity index (χ0v) is 7.89. The third kappa shape index (κ3) is 1.04. The zero-order valence-electron chi connectivity index (χ0n) is 7.89. The SMILES string of the molecule is CC(C)[C@@]1(C2CC2)NC(=O)NC1=O. The molecule has 0 unspecified atom stereocenters. The molecule has 13 heavy (non-hydrogen) atoms. The van der Waals surface area contributed by atoms with E-state index in [0.717, 1.165) is 12.8 Å². The topological polar surface area (TPSA) is 58.2 Å². The van der Waals surface area contributed by atoms with Crippen LogP contribution >= 0.6 is 0 Å². The van der Waals surface area contributed by atoms with Crippen molar-refractivity contribution in [3.05, 3.63) is 0 Å². The first-order chi connectivity index (χ1) is 6.07. The first-order valence-electron chi connectivity index (χ1n) is 4.71. The minimum absolute atomic E-state index is 0.144. The molecule has 1 saturated carbocycles. The second kappa shape index (κ2) is 2.47. The van der Waals surface area contributed by atoms with E-state index in [1.165, 1.54) is 0 Å². The van der Waals surface area contributed by atoms with E-state index in [-0.39, 0.29) is 17.9 Å². The van der Waals surface area contributed by atoms with Crippen LogP contribution in [-0.4, -0.2) is 17.5 Å². The van der Waals surface area contributed by atoms with Gasteiger partial charge < -0.3 is 5.32 Å². The molecule has 2 aliphatic rings. The minimum atomic E-state index is -0.614. The van der Waals surface area contributed by atoms with Crippen molar-refractivity contribution < 1.29 is 9.59 Å². The van der Waals surface area contributed by atoms with Gasteiger partial charge in [0.25, 0.3) is 5.91 Å². The van der Waals surface area contributed by atoms with E-state index in [0.29, 0.717) is 5.92 Å². The van der Waals surface area contributed by atoms with Crippen molar-refractivity contribution in [1.82, 2.24) is 10.6 Å². The number of nitrogens with one attached hydrogen (secondary N) is 2. The Hall–Kier alpha value is -1.06. The maximum absolute atomic E-state index is 11.6. The molecule has 3 amide bonds. The summed E-state index contributed by atoms with van der Waals surface area (Å²) in [6.07, 6.45) is 2.09. The number of imide groups is 1. The normalized spacial score (nSPS) is 33.5. The van der Waals surface area contributed by atoms with E-state index in [1.807, 2.05) is 13.8 Å². The second-order valence-electron chi connectivity index (χ2n) is 4.21. The zero-order chi connectivity index (χ0) is 9.64. The molecule has 4 nitrogen and oxygen atoms in total. The van der Waals surface area contributed by atoms with Crippen LogP contribution < -0.4 is 10.6 Å². The van der Waals surface area contributed by atoms with Gasteiger partial charge in [-0.25, -0.2) is 4.79 Å². The average Bonchev–Trinajstić information content (AvgIpc) is 2.78. The summed E-state index contributed by atoms with van der Waals surface area (Å²) in [6, 6.07) is -0.342. The van der Waals surface area contributed by atoms with Gasteiger partial charge >= 0.3 is 6.03 Å². The summed E-state index contributed by atoms with van der Waals surface area (Å²) in [5, 5.41) is 5.10. The van der Waals surface area contributed by atoms with Crippen LogP contribution in [0.15, 0.2) is 0 Å². The number of urea groups is 1. The van der Waals surface area contributed by atoms with Gasteiger partial charge in [-0.3, -0.25) is 10.1 Å². The lowest BCUT2D eigenvalue weighted by Crippen LogP contribution is -2.53. The van der Waals surface area contributed by atoms with Crippen LogP contribution in [0.4, 0.5) is 4.79 Å². The molecule has 1 heterocycles. The van der Waals surface area contributed by atoms with E-state index in [4.69, 9.17) is 0 Å². The van der Waals surface area contributed by atoms with Gasteiger partial charge in [-0.05, 0) is 24.7 Å². The number of hydrogen-bond donors (Lipinski definition) is 2. The van der Waals surface area contributed by atoms with Crippen LogP contribution in [0, 0.1) is 11.8 Å². The van der Waals surface area contributed by atoms with E-state index < -0.39 is 5.54 Å². The molecular weight excluding hydrogens is 168 g/mol. The lowest BCUT2D eigenvalue weighted by Gasteiger charge is -2.30. The number of carbonyl (C=O) groups is 2. The van der Waals surface area contributed by atoms with Gasteiger partial charge in [0.1, 0.15) is 5.54 Å². The molecule has 2 fully saturated rings. The molecule has 72 valence electrons. The van der Waals surface area contributed by atoms with E-state index in [1.54, 1.807) is 0 Å². The Morgan fingerprint density at radius 1 is 1.38 bits per heavy atom. The Bertz CT molecular complexity index is 267. The number of hydrogen-bond acceptors (Lipinski definition) is 2. The fourth-order valence-electron chi connectivity index (χ4n) is 2.19. The van der Waals surface area contributed by atoms with Crippen molar-refractivity contribution >= 4 is 11.9 Å². The molecule has 2 rings (SSSR count). The van der Waals surface area contributed by atoms with E-state index in [2.05, 4.69) is 10.6 Å². The highest BCUT2D eigenvalue weighted by atomic mass is 16.2. The molecule has 0 aromatic rings. The Labute approximate surface area is 77.1 Å². The van der Waals surface area contributed by atoms with Crippen LogP contribution in [0.5, 0.6) is 0 Å². The van der Waals surface area contributed by atoms with Crippen LogP contribution in [0.25, 0.3) is 0 Å². The van der Waals surface area contributed by atoms with Crippen LogP contribution in [-0.2, 0) is 4.79 Å². The molecule has 1 aliphatic heterocycles. The highest BCUT2D eigenvalue weighted by Crippen LogP contribution is 2.45. The van der Waals surface area contributed by atoms with Crippen molar-refractivity contribution in [2.45, 2.75) is 32.2 Å². The smallest absolute Gasteiger partial charge is 0.322 e. The Morgan fingerprint density at radius 3 is 2.31 bits per heavy atom. The summed E-state index contributed by atoms with van der Waals surface area (Å²) in [7, 11) is 0. The molecule has 0 aromatic carbocycles. The van der Waals surface area contributed by atoms with Crippen molar-refractivity contribution in [3.8, 4) is 0 Å². The van der Waals surface area contributed by atoms with Gasteiger partial charge in [0.2, 0.25) is 0 Å². The fraction of sp³-hybridized carbons (Fsp3) is 0.778. The maximum atomic E-state index is 11.6. The average molecular weight is 182 g/mol. The summed E-state index contributed by atoms with van der Waals surface area (Å²) in [4.78, 5) is 22.7. The molecule has 0 radical (unpaired) electrons. The third-order valence-electron chi connectivity index (χ3n) is 3.06. The van der Waals surface area contributed by atoms with Crippen LogP contribution in [0.3, 0.4) is 0 Å². The van der Waals surface area contributed by atoms with Crippen LogP contribution in [0.2, 0.25) is 0 Å². The summed E-state index contributed by atoms with van der Waals surface area (Å²) < 4.78 is 0. The highest BCUT2D eigenvalue weighted by Gasteiger charge is 2.57. The van der Waals surface area contributed by atoms with E-state index in [9.17, 15) is 9.59 Å². The van der Waals surface area contributed by atoms with Gasteiger partial charge in [-0.2, -0.15) is 0 Å². The predicted octanol–water partition coefficient (Wildman–Crippen LogP) is 0.631.